The minimum atomic E-state index is -0.889. The molecule has 0 saturated heterocycles. The number of nitrogens with two attached hydrogens (primary N) is 1. The van der Waals surface area contributed by atoms with Crippen molar-refractivity contribution in [2.45, 2.75) is 115 Å². The number of phenols is 1. The third-order valence-electron chi connectivity index (χ3n) is 11.3. The van der Waals surface area contributed by atoms with Gasteiger partial charge in [-0.3, -0.25) is 0 Å². The van der Waals surface area contributed by atoms with Crippen molar-refractivity contribution < 1.29 is 29.6 Å². The molecule has 1 saturated carbocycles. The number of hydrogen-bond donors (Lipinski definition) is 7. The van der Waals surface area contributed by atoms with Gasteiger partial charge in [-0.2, -0.15) is 0 Å². The maximum atomic E-state index is 11.3. The lowest BCUT2D eigenvalue weighted by Crippen LogP contribution is -2.39. The van der Waals surface area contributed by atoms with Gasteiger partial charge in [0.1, 0.15) is 24.2 Å². The van der Waals surface area contributed by atoms with Crippen LogP contribution in [0.25, 0.3) is 0 Å². The summed E-state index contributed by atoms with van der Waals surface area (Å²) in [4.78, 5) is 3.60. The number of ether oxygens (including phenoxy) is 1. The number of hydrogen-bond acceptors (Lipinski definition) is 8. The first-order valence-electron chi connectivity index (χ1n) is 18.7. The predicted molar refractivity (Wildman–Crippen MR) is 191 cm³/mol. The first kappa shape index (κ1) is 35.7. The van der Waals surface area contributed by atoms with Crippen LogP contribution in [-0.2, 0) is 25.9 Å². The Morgan fingerprint density at radius 3 is 2.73 bits per heavy atom. The van der Waals surface area contributed by atoms with Gasteiger partial charge in [-0.05, 0) is 98.7 Å². The minimum Gasteiger partial charge on any atom is -0.504 e. The van der Waals surface area contributed by atoms with Gasteiger partial charge in [0.15, 0.2) is 11.5 Å². The molecule has 3 aromatic rings. The molecule has 2 bridgehead atoms. The van der Waals surface area contributed by atoms with Gasteiger partial charge < -0.3 is 45.6 Å². The molecule has 8 N–H and O–H groups in total. The van der Waals surface area contributed by atoms with E-state index >= 15 is 0 Å². The van der Waals surface area contributed by atoms with Gasteiger partial charge in [-0.15, -0.1) is 0 Å². The number of benzene rings is 1. The highest BCUT2D eigenvalue weighted by atomic mass is 16.5. The second-order valence-electron chi connectivity index (χ2n) is 14.8. The zero-order valence-corrected chi connectivity index (χ0v) is 29.1. The maximum absolute atomic E-state index is 11.3. The molecule has 268 valence electrons. The number of aliphatic hydroxyl groups excluding tert-OH is 3. The highest BCUT2D eigenvalue weighted by Crippen LogP contribution is 2.62. The molecule has 0 amide bonds. The van der Waals surface area contributed by atoms with Crippen LogP contribution in [0, 0.1) is 11.3 Å². The van der Waals surface area contributed by atoms with Crippen LogP contribution in [0.15, 0.2) is 46.9 Å². The smallest absolute Gasteiger partial charge is 0.161 e. The number of rotatable bonds is 19. The zero-order valence-electron chi connectivity index (χ0n) is 29.1. The van der Waals surface area contributed by atoms with E-state index in [1.807, 2.05) is 25.1 Å². The van der Waals surface area contributed by atoms with E-state index in [4.69, 9.17) is 14.9 Å². The second kappa shape index (κ2) is 16.3. The number of aliphatic hydroxyl groups is 3. The van der Waals surface area contributed by atoms with Crippen LogP contribution in [0.1, 0.15) is 122 Å². The fourth-order valence-corrected chi connectivity index (χ4v) is 8.78. The fraction of sp³-hybridized carbons (Fsp3) is 0.600. The van der Waals surface area contributed by atoms with Gasteiger partial charge in [0, 0.05) is 54.7 Å². The van der Waals surface area contributed by atoms with Crippen molar-refractivity contribution in [2.75, 3.05) is 26.2 Å². The topological polar surface area (TPSA) is 157 Å². The van der Waals surface area contributed by atoms with Gasteiger partial charge in [0.05, 0.1) is 12.7 Å². The van der Waals surface area contributed by atoms with Crippen molar-refractivity contribution in [3.63, 3.8) is 0 Å². The number of aromatic nitrogens is 1. The lowest BCUT2D eigenvalue weighted by Gasteiger charge is -2.41. The van der Waals surface area contributed by atoms with Crippen molar-refractivity contribution in [3.05, 3.63) is 82.1 Å². The molecule has 6 atom stereocenters. The predicted octanol–water partition coefficient (Wildman–Crippen LogP) is 6.05. The molecule has 2 heterocycles. The highest BCUT2D eigenvalue weighted by Gasteiger charge is 2.53. The fourth-order valence-electron chi connectivity index (χ4n) is 8.78. The van der Waals surface area contributed by atoms with E-state index in [-0.39, 0.29) is 30.3 Å². The lowest BCUT2D eigenvalue weighted by atomic mass is 9.64. The number of furan rings is 1. The molecular weight excluding hydrogens is 618 g/mol. The number of nitrogens with one attached hydrogen (secondary N) is 2. The van der Waals surface area contributed by atoms with Crippen molar-refractivity contribution in [2.24, 2.45) is 17.1 Å². The van der Waals surface area contributed by atoms with Gasteiger partial charge in [0.2, 0.25) is 0 Å². The molecule has 7 rings (SSSR count). The van der Waals surface area contributed by atoms with Crippen molar-refractivity contribution in [1.29, 1.82) is 0 Å². The number of H-pyrrole nitrogens is 1. The minimum absolute atomic E-state index is 0.00322. The summed E-state index contributed by atoms with van der Waals surface area (Å²) in [5, 5.41) is 45.2. The maximum Gasteiger partial charge on any atom is 0.161 e. The molecule has 49 heavy (non-hydrogen) atoms. The number of allylic oxidation sites excluding steroid dienone is 2. The SMILES string of the molecule is C[C@H](O)CNC[C@H]1c2cc([C@@H](O)COc3cc(CCc4cc(CO)c(CCCCCCCN)o4)ccc3O)[nH]c2[C@H]2C=C[C@@]13CCC[C@@H]3C2. The molecule has 1 fully saturated rings. The Hall–Kier alpha value is -3.08. The summed E-state index contributed by atoms with van der Waals surface area (Å²) >= 11 is 0. The summed E-state index contributed by atoms with van der Waals surface area (Å²) in [5.41, 5.74) is 10.7. The Balaban J connectivity index is 1.08. The van der Waals surface area contributed by atoms with Crippen molar-refractivity contribution in [1.82, 2.24) is 10.3 Å². The Labute approximate surface area is 291 Å². The summed E-state index contributed by atoms with van der Waals surface area (Å²) in [7, 11) is 0. The standard InChI is InChI=1S/C40H57N3O6/c1-26(45)22-42-23-33-32-21-34(43-39(32)28-14-16-40(33)15-7-8-30(40)19-28)36(47)25-48-38-18-27(11-13-35(38)46)10-12-31-20-29(24-44)37(49-31)9-5-3-2-4-6-17-41/h11,13-14,16,18,20-21,26,28,30,33,36,42-47H,2-10,12,15,17,19,22-25,41H2,1H3/t26-,28-,30+,33-,36-,40+/m0/s1. The Bertz CT molecular complexity index is 1540. The molecule has 1 aromatic carbocycles. The monoisotopic (exact) mass is 675 g/mol. The summed E-state index contributed by atoms with van der Waals surface area (Å²) in [6, 6.07) is 9.44. The molecule has 4 aliphatic rings. The molecule has 0 radical (unpaired) electrons. The summed E-state index contributed by atoms with van der Waals surface area (Å²) < 4.78 is 12.2. The quantitative estimate of drug-likeness (QED) is 0.0598. The van der Waals surface area contributed by atoms with Crippen molar-refractivity contribution >= 4 is 0 Å². The van der Waals surface area contributed by atoms with E-state index in [0.29, 0.717) is 37.0 Å². The van der Waals surface area contributed by atoms with Crippen LogP contribution in [-0.4, -0.2) is 57.8 Å². The van der Waals surface area contributed by atoms with Crippen LogP contribution >= 0.6 is 0 Å². The first-order chi connectivity index (χ1) is 23.8. The van der Waals surface area contributed by atoms with E-state index in [2.05, 4.69) is 28.5 Å². The molecular formula is C40H57N3O6. The van der Waals surface area contributed by atoms with Crippen LogP contribution in [0.3, 0.4) is 0 Å². The summed E-state index contributed by atoms with van der Waals surface area (Å²) in [6.07, 6.45) is 16.1. The van der Waals surface area contributed by atoms with Crippen LogP contribution in [0.2, 0.25) is 0 Å². The number of aryl methyl sites for hydroxylation is 3. The summed E-state index contributed by atoms with van der Waals surface area (Å²) in [6.45, 7) is 3.86. The average Bonchev–Trinajstić information content (AvgIpc) is 3.81. The molecule has 0 unspecified atom stereocenters. The van der Waals surface area contributed by atoms with E-state index in [1.54, 1.807) is 6.07 Å². The molecule has 9 nitrogen and oxygen atoms in total. The van der Waals surface area contributed by atoms with E-state index in [1.165, 1.54) is 30.5 Å². The van der Waals surface area contributed by atoms with E-state index in [0.717, 1.165) is 86.4 Å². The number of unbranched alkanes of at least 4 members (excludes halogenated alkanes) is 4. The zero-order chi connectivity index (χ0) is 34.4. The lowest BCUT2D eigenvalue weighted by molar-refractivity contribution is 0.103. The second-order valence-corrected chi connectivity index (χ2v) is 14.8. The van der Waals surface area contributed by atoms with Crippen LogP contribution < -0.4 is 15.8 Å². The average molecular weight is 676 g/mol. The van der Waals surface area contributed by atoms with Crippen LogP contribution in [0.5, 0.6) is 11.5 Å². The summed E-state index contributed by atoms with van der Waals surface area (Å²) in [5.74, 6) is 3.31. The Kier molecular flexibility index (Phi) is 11.9. The molecule has 0 aliphatic heterocycles. The van der Waals surface area contributed by atoms with Gasteiger partial charge in [-0.1, -0.05) is 43.9 Å². The van der Waals surface area contributed by atoms with Crippen molar-refractivity contribution in [3.8, 4) is 11.5 Å². The third-order valence-corrected chi connectivity index (χ3v) is 11.3. The Morgan fingerprint density at radius 1 is 1.08 bits per heavy atom. The highest BCUT2D eigenvalue weighted by molar-refractivity contribution is 5.44. The van der Waals surface area contributed by atoms with Gasteiger partial charge >= 0.3 is 0 Å². The first-order valence-corrected chi connectivity index (χ1v) is 18.7. The van der Waals surface area contributed by atoms with E-state index in [9.17, 15) is 20.4 Å². The molecule has 2 aromatic heterocycles. The van der Waals surface area contributed by atoms with Crippen LogP contribution in [0.4, 0.5) is 0 Å². The third kappa shape index (κ3) is 8.12. The molecule has 1 spiro atoms. The largest absolute Gasteiger partial charge is 0.504 e. The number of aromatic hydroxyl groups is 1. The number of aromatic amines is 1. The molecule has 9 heteroatoms. The van der Waals surface area contributed by atoms with E-state index < -0.39 is 12.2 Å². The van der Waals surface area contributed by atoms with Gasteiger partial charge in [0.25, 0.3) is 0 Å². The number of phenolic OH excluding ortho intramolecular Hbond substituents is 1. The normalized spacial score (nSPS) is 23.7. The molecule has 4 aliphatic carbocycles. The Morgan fingerprint density at radius 2 is 1.92 bits per heavy atom. The van der Waals surface area contributed by atoms with Gasteiger partial charge in [-0.25, -0.2) is 0 Å².